The number of hydrogen-bond acceptors (Lipinski definition) is 2. The van der Waals surface area contributed by atoms with E-state index in [4.69, 9.17) is 0 Å². The van der Waals surface area contributed by atoms with Gasteiger partial charge in [0.25, 0.3) is 0 Å². The molecule has 16 heavy (non-hydrogen) atoms. The lowest BCUT2D eigenvalue weighted by Crippen LogP contribution is -2.32. The van der Waals surface area contributed by atoms with Crippen LogP contribution < -0.4 is 5.32 Å². The number of benzene rings is 1. The average molecular weight is 241 g/mol. The molecular weight excluding hydrogens is 220 g/mol. The van der Waals surface area contributed by atoms with Gasteiger partial charge in [-0.1, -0.05) is 29.8 Å². The molecule has 0 spiro atoms. The Balaban J connectivity index is 0.00000128. The number of halogens is 1. The molecule has 3 heteroatoms. The highest BCUT2D eigenvalue weighted by atomic mass is 35.5. The maximum Gasteiger partial charge on any atom is 0.0234 e. The van der Waals surface area contributed by atoms with Crippen LogP contribution in [0.25, 0.3) is 0 Å². The van der Waals surface area contributed by atoms with Crippen LogP contribution in [0, 0.1) is 6.92 Å². The number of nitrogens with zero attached hydrogens (tertiary/aromatic N) is 1. The lowest BCUT2D eigenvalue weighted by molar-refractivity contribution is 0.249. The largest absolute Gasteiger partial charge is 0.315 e. The molecule has 0 bridgehead atoms. The first kappa shape index (κ1) is 13.5. The summed E-state index contributed by atoms with van der Waals surface area (Å²) in [7, 11) is 2.22. The summed E-state index contributed by atoms with van der Waals surface area (Å²) in [4.78, 5) is 2.45. The summed E-state index contributed by atoms with van der Waals surface area (Å²) in [6, 6.07) is 9.56. The van der Waals surface area contributed by atoms with E-state index >= 15 is 0 Å². The molecule has 0 radical (unpaired) electrons. The Morgan fingerprint density at radius 3 is 2.56 bits per heavy atom. The van der Waals surface area contributed by atoms with Crippen molar-refractivity contribution in [2.75, 3.05) is 20.1 Å². The minimum Gasteiger partial charge on any atom is -0.315 e. The van der Waals surface area contributed by atoms with Crippen LogP contribution in [0.2, 0.25) is 0 Å². The van der Waals surface area contributed by atoms with Crippen LogP contribution in [0.1, 0.15) is 17.5 Å². The number of nitrogens with one attached hydrogen (secondary N) is 1. The van der Waals surface area contributed by atoms with Gasteiger partial charge in [-0.3, -0.25) is 4.90 Å². The molecule has 1 heterocycles. The maximum absolute atomic E-state index is 3.41. The van der Waals surface area contributed by atoms with E-state index in [1.165, 1.54) is 24.1 Å². The van der Waals surface area contributed by atoms with E-state index < -0.39 is 0 Å². The van der Waals surface area contributed by atoms with Gasteiger partial charge in [0.1, 0.15) is 0 Å². The van der Waals surface area contributed by atoms with Crippen LogP contribution in [0.5, 0.6) is 0 Å². The van der Waals surface area contributed by atoms with Gasteiger partial charge < -0.3 is 5.32 Å². The smallest absolute Gasteiger partial charge is 0.0234 e. The molecule has 2 nitrogen and oxygen atoms in total. The van der Waals surface area contributed by atoms with Crippen molar-refractivity contribution in [2.24, 2.45) is 0 Å². The molecule has 1 fully saturated rings. The van der Waals surface area contributed by atoms with Crippen molar-refractivity contribution in [1.82, 2.24) is 10.2 Å². The molecule has 0 amide bonds. The van der Waals surface area contributed by atoms with E-state index in [0.717, 1.165) is 13.1 Å². The molecule has 0 saturated carbocycles. The predicted octanol–water partition coefficient (Wildman–Crippen LogP) is 2.21. The molecule has 1 aromatic rings. The van der Waals surface area contributed by atoms with Crippen molar-refractivity contribution < 1.29 is 0 Å². The number of aryl methyl sites for hydroxylation is 1. The highest BCUT2D eigenvalue weighted by Crippen LogP contribution is 2.11. The Kier molecular flexibility index (Phi) is 5.26. The first-order chi connectivity index (χ1) is 7.25. The Morgan fingerprint density at radius 1 is 1.31 bits per heavy atom. The first-order valence-corrected chi connectivity index (χ1v) is 5.72. The molecule has 1 saturated heterocycles. The Bertz CT molecular complexity index is 304. The molecule has 0 aromatic heterocycles. The predicted molar refractivity (Wildman–Crippen MR) is 71.2 cm³/mol. The van der Waals surface area contributed by atoms with Crippen LogP contribution in [-0.4, -0.2) is 31.1 Å². The van der Waals surface area contributed by atoms with E-state index in [1.54, 1.807) is 0 Å². The Hall–Kier alpha value is -0.570. The van der Waals surface area contributed by atoms with Gasteiger partial charge >= 0.3 is 0 Å². The third-order valence-electron chi connectivity index (χ3n) is 3.21. The molecule has 0 aliphatic carbocycles. The minimum atomic E-state index is 0. The van der Waals surface area contributed by atoms with Crippen molar-refractivity contribution in [3.8, 4) is 0 Å². The van der Waals surface area contributed by atoms with E-state index in [9.17, 15) is 0 Å². The van der Waals surface area contributed by atoms with Crippen LogP contribution in [0.4, 0.5) is 0 Å². The summed E-state index contributed by atoms with van der Waals surface area (Å²) in [5.74, 6) is 0. The first-order valence-electron chi connectivity index (χ1n) is 5.72. The standard InChI is InChI=1S/C13H20N2.ClH/c1-11-3-5-12(6-4-11)10-15(2)13-7-8-14-9-13;/h3-6,13-14H,7-10H2,1-2H3;1H. The lowest BCUT2D eigenvalue weighted by Gasteiger charge is -2.23. The van der Waals surface area contributed by atoms with E-state index in [0.29, 0.717) is 6.04 Å². The second-order valence-electron chi connectivity index (χ2n) is 4.55. The second-order valence-corrected chi connectivity index (χ2v) is 4.55. The monoisotopic (exact) mass is 240 g/mol. The zero-order valence-electron chi connectivity index (χ0n) is 10.1. The molecule has 1 aliphatic rings. The third-order valence-corrected chi connectivity index (χ3v) is 3.21. The fraction of sp³-hybridized carbons (Fsp3) is 0.538. The van der Waals surface area contributed by atoms with Gasteiger partial charge in [-0.15, -0.1) is 12.4 Å². The Morgan fingerprint density at radius 2 is 2.00 bits per heavy atom. The van der Waals surface area contributed by atoms with Crippen LogP contribution in [0.15, 0.2) is 24.3 Å². The van der Waals surface area contributed by atoms with Crippen molar-refractivity contribution in [1.29, 1.82) is 0 Å². The second kappa shape index (κ2) is 6.24. The fourth-order valence-corrected chi connectivity index (χ4v) is 2.13. The normalized spacial score (nSPS) is 19.8. The van der Waals surface area contributed by atoms with Crippen molar-refractivity contribution >= 4 is 12.4 Å². The fourth-order valence-electron chi connectivity index (χ4n) is 2.13. The van der Waals surface area contributed by atoms with E-state index in [2.05, 4.69) is 48.5 Å². The quantitative estimate of drug-likeness (QED) is 0.872. The molecule has 1 aliphatic heterocycles. The molecule has 1 unspecified atom stereocenters. The van der Waals surface area contributed by atoms with Crippen LogP contribution in [0.3, 0.4) is 0 Å². The summed E-state index contributed by atoms with van der Waals surface area (Å²) in [6.07, 6.45) is 1.28. The van der Waals surface area contributed by atoms with Gasteiger partial charge in [-0.2, -0.15) is 0 Å². The summed E-state index contributed by atoms with van der Waals surface area (Å²) < 4.78 is 0. The molecule has 1 atom stereocenters. The molecule has 1 N–H and O–H groups in total. The van der Waals surface area contributed by atoms with Gasteiger partial charge in [0.15, 0.2) is 0 Å². The van der Waals surface area contributed by atoms with E-state index in [1.807, 2.05) is 0 Å². The zero-order valence-corrected chi connectivity index (χ0v) is 10.9. The van der Waals surface area contributed by atoms with Gasteiger partial charge in [0, 0.05) is 19.1 Å². The molecular formula is C13H21ClN2. The topological polar surface area (TPSA) is 15.3 Å². The van der Waals surface area contributed by atoms with Crippen molar-refractivity contribution in [3.63, 3.8) is 0 Å². The van der Waals surface area contributed by atoms with Gasteiger partial charge in [-0.25, -0.2) is 0 Å². The highest BCUT2D eigenvalue weighted by molar-refractivity contribution is 5.85. The molecule has 90 valence electrons. The van der Waals surface area contributed by atoms with Crippen LogP contribution in [-0.2, 0) is 6.54 Å². The van der Waals surface area contributed by atoms with Crippen molar-refractivity contribution in [3.05, 3.63) is 35.4 Å². The number of likely N-dealkylation sites (N-methyl/N-ethyl adjacent to an activating group) is 1. The van der Waals surface area contributed by atoms with Crippen LogP contribution >= 0.6 is 12.4 Å². The molecule has 1 aromatic carbocycles. The summed E-state index contributed by atoms with van der Waals surface area (Å²) in [5, 5.41) is 3.41. The third kappa shape index (κ3) is 3.48. The van der Waals surface area contributed by atoms with Gasteiger partial charge in [0.05, 0.1) is 0 Å². The zero-order chi connectivity index (χ0) is 10.7. The highest BCUT2D eigenvalue weighted by Gasteiger charge is 2.18. The molecule has 2 rings (SSSR count). The summed E-state index contributed by atoms with van der Waals surface area (Å²) in [6.45, 7) is 5.51. The SMILES string of the molecule is Cc1ccc(CN(C)C2CCNC2)cc1.Cl. The van der Waals surface area contributed by atoms with Crippen molar-refractivity contribution in [2.45, 2.75) is 25.9 Å². The average Bonchev–Trinajstić information content (AvgIpc) is 2.74. The Labute approximate surface area is 104 Å². The van der Waals surface area contributed by atoms with E-state index in [-0.39, 0.29) is 12.4 Å². The maximum atomic E-state index is 3.41. The summed E-state index contributed by atoms with van der Waals surface area (Å²) in [5.41, 5.74) is 2.75. The minimum absolute atomic E-state index is 0. The summed E-state index contributed by atoms with van der Waals surface area (Å²) >= 11 is 0. The van der Waals surface area contributed by atoms with Gasteiger partial charge in [-0.05, 0) is 32.5 Å². The van der Waals surface area contributed by atoms with Gasteiger partial charge in [0.2, 0.25) is 0 Å². The number of rotatable bonds is 3. The lowest BCUT2D eigenvalue weighted by atomic mass is 10.1. The number of hydrogen-bond donors (Lipinski definition) is 1.